The third-order valence-corrected chi connectivity index (χ3v) is 3.62. The second-order valence-corrected chi connectivity index (χ2v) is 5.09. The van der Waals surface area contributed by atoms with E-state index in [4.69, 9.17) is 9.47 Å². The van der Waals surface area contributed by atoms with Gasteiger partial charge in [-0.15, -0.1) is 0 Å². The zero-order valence-corrected chi connectivity index (χ0v) is 11.6. The molecule has 2 fully saturated rings. The number of hydrogen-bond donors (Lipinski definition) is 0. The summed E-state index contributed by atoms with van der Waals surface area (Å²) in [7, 11) is 0. The van der Waals surface area contributed by atoms with Crippen LogP contribution < -0.4 is 4.74 Å². The van der Waals surface area contributed by atoms with Crippen molar-refractivity contribution in [3.63, 3.8) is 0 Å². The molecule has 3 heterocycles. The lowest BCUT2D eigenvalue weighted by molar-refractivity contribution is -0.130. The van der Waals surface area contributed by atoms with E-state index in [0.717, 1.165) is 12.2 Å². The minimum atomic E-state index is -0.410. The van der Waals surface area contributed by atoms with Gasteiger partial charge in [-0.1, -0.05) is 0 Å². The summed E-state index contributed by atoms with van der Waals surface area (Å²) in [5, 5.41) is 0. The van der Waals surface area contributed by atoms with Crippen molar-refractivity contribution in [3.05, 3.63) is 24.5 Å². The number of rotatable bonds is 4. The molecule has 2 aliphatic rings. The summed E-state index contributed by atoms with van der Waals surface area (Å²) in [6.07, 6.45) is 3.71. The maximum atomic E-state index is 12.2. The molecule has 0 unspecified atom stereocenters. The molecular formula is C14H17N3O4. The van der Waals surface area contributed by atoms with E-state index in [1.54, 1.807) is 29.4 Å². The van der Waals surface area contributed by atoms with Crippen LogP contribution in [0.5, 0.6) is 5.75 Å². The zero-order chi connectivity index (χ0) is 14.7. The standard InChI is InChI=1S/C14H17N3O4/c18-13(10-17-7-8-20-14(17)19)16-6-3-12(9-16)21-11-1-4-15-5-2-11/h1-2,4-5,12H,3,6-10H2/t12-/m1/s1. The van der Waals surface area contributed by atoms with Crippen molar-refractivity contribution in [2.45, 2.75) is 12.5 Å². The Bertz CT molecular complexity index is 522. The number of pyridine rings is 1. The van der Waals surface area contributed by atoms with E-state index >= 15 is 0 Å². The zero-order valence-electron chi connectivity index (χ0n) is 11.6. The molecule has 2 amide bonds. The van der Waals surface area contributed by atoms with E-state index in [9.17, 15) is 9.59 Å². The number of carbonyl (C=O) groups excluding carboxylic acids is 2. The van der Waals surface area contributed by atoms with E-state index in [1.165, 1.54) is 4.90 Å². The van der Waals surface area contributed by atoms with Gasteiger partial charge in [-0.3, -0.25) is 14.7 Å². The van der Waals surface area contributed by atoms with Gasteiger partial charge in [0.15, 0.2) is 0 Å². The van der Waals surface area contributed by atoms with Crippen LogP contribution in [0.25, 0.3) is 0 Å². The average Bonchev–Trinajstić information content (AvgIpc) is 3.10. The predicted molar refractivity (Wildman–Crippen MR) is 72.8 cm³/mol. The lowest BCUT2D eigenvalue weighted by Crippen LogP contribution is -2.40. The monoisotopic (exact) mass is 291 g/mol. The van der Waals surface area contributed by atoms with E-state index < -0.39 is 6.09 Å². The molecule has 0 aliphatic carbocycles. The Labute approximate surface area is 122 Å². The molecule has 7 heteroatoms. The number of nitrogens with zero attached hydrogens (tertiary/aromatic N) is 3. The normalized spacial score (nSPS) is 21.5. The molecule has 1 aromatic rings. The van der Waals surface area contributed by atoms with E-state index in [0.29, 0.717) is 26.2 Å². The largest absolute Gasteiger partial charge is 0.488 e. The smallest absolute Gasteiger partial charge is 0.410 e. The minimum Gasteiger partial charge on any atom is -0.488 e. The van der Waals surface area contributed by atoms with Crippen molar-refractivity contribution in [2.24, 2.45) is 0 Å². The molecule has 0 radical (unpaired) electrons. The molecule has 0 saturated carbocycles. The van der Waals surface area contributed by atoms with Crippen molar-refractivity contribution < 1.29 is 19.1 Å². The van der Waals surface area contributed by atoms with Gasteiger partial charge in [0.1, 0.15) is 25.0 Å². The Morgan fingerprint density at radius 2 is 2.19 bits per heavy atom. The molecule has 1 atom stereocenters. The van der Waals surface area contributed by atoms with Crippen LogP contribution in [0.15, 0.2) is 24.5 Å². The van der Waals surface area contributed by atoms with Gasteiger partial charge >= 0.3 is 6.09 Å². The van der Waals surface area contributed by atoms with Crippen molar-refractivity contribution in [2.75, 3.05) is 32.8 Å². The summed E-state index contributed by atoms with van der Waals surface area (Å²) in [5.41, 5.74) is 0. The van der Waals surface area contributed by atoms with Gasteiger partial charge in [0, 0.05) is 25.4 Å². The van der Waals surface area contributed by atoms with Crippen LogP contribution in [0.2, 0.25) is 0 Å². The van der Waals surface area contributed by atoms with Gasteiger partial charge in [0.05, 0.1) is 13.1 Å². The lowest BCUT2D eigenvalue weighted by atomic mass is 10.3. The van der Waals surface area contributed by atoms with Crippen LogP contribution in [0, 0.1) is 0 Å². The van der Waals surface area contributed by atoms with Gasteiger partial charge in [-0.25, -0.2) is 4.79 Å². The van der Waals surface area contributed by atoms with Crippen molar-refractivity contribution in [3.8, 4) is 5.75 Å². The first-order valence-electron chi connectivity index (χ1n) is 6.98. The summed E-state index contributed by atoms with van der Waals surface area (Å²) in [5.74, 6) is 0.696. The molecule has 0 spiro atoms. The second-order valence-electron chi connectivity index (χ2n) is 5.09. The number of hydrogen-bond acceptors (Lipinski definition) is 5. The van der Waals surface area contributed by atoms with Crippen LogP contribution in [-0.4, -0.2) is 65.7 Å². The average molecular weight is 291 g/mol. The Balaban J connectivity index is 1.50. The van der Waals surface area contributed by atoms with Crippen LogP contribution in [-0.2, 0) is 9.53 Å². The van der Waals surface area contributed by atoms with Gasteiger partial charge in [-0.2, -0.15) is 0 Å². The molecular weight excluding hydrogens is 274 g/mol. The third kappa shape index (κ3) is 3.24. The molecule has 0 bridgehead atoms. The fraction of sp³-hybridized carbons (Fsp3) is 0.500. The van der Waals surface area contributed by atoms with E-state index in [2.05, 4.69) is 4.98 Å². The number of carbonyl (C=O) groups is 2. The summed E-state index contributed by atoms with van der Waals surface area (Å²) in [4.78, 5) is 30.6. The molecule has 0 N–H and O–H groups in total. The Morgan fingerprint density at radius 3 is 2.90 bits per heavy atom. The van der Waals surface area contributed by atoms with Crippen LogP contribution in [0.4, 0.5) is 4.79 Å². The van der Waals surface area contributed by atoms with E-state index in [-0.39, 0.29) is 18.6 Å². The fourth-order valence-electron chi connectivity index (χ4n) is 2.49. The second kappa shape index (κ2) is 5.99. The Kier molecular flexibility index (Phi) is 3.89. The summed E-state index contributed by atoms with van der Waals surface area (Å²) >= 11 is 0. The Hall–Kier alpha value is -2.31. The highest BCUT2D eigenvalue weighted by molar-refractivity contribution is 5.83. The quantitative estimate of drug-likeness (QED) is 0.808. The van der Waals surface area contributed by atoms with Crippen LogP contribution >= 0.6 is 0 Å². The number of amides is 2. The molecule has 3 rings (SSSR count). The van der Waals surface area contributed by atoms with Gasteiger partial charge in [0.25, 0.3) is 0 Å². The summed E-state index contributed by atoms with van der Waals surface area (Å²) < 4.78 is 10.6. The van der Waals surface area contributed by atoms with Gasteiger partial charge in [-0.05, 0) is 12.1 Å². The van der Waals surface area contributed by atoms with E-state index in [1.807, 2.05) is 0 Å². The molecule has 21 heavy (non-hydrogen) atoms. The number of likely N-dealkylation sites (tertiary alicyclic amines) is 1. The Morgan fingerprint density at radius 1 is 1.38 bits per heavy atom. The number of aromatic nitrogens is 1. The summed E-state index contributed by atoms with van der Waals surface area (Å²) in [6.45, 7) is 2.12. The molecule has 2 aliphatic heterocycles. The molecule has 1 aromatic heterocycles. The van der Waals surface area contributed by atoms with Gasteiger partial charge < -0.3 is 14.4 Å². The van der Waals surface area contributed by atoms with Crippen LogP contribution in [0.1, 0.15) is 6.42 Å². The highest BCUT2D eigenvalue weighted by atomic mass is 16.6. The highest BCUT2D eigenvalue weighted by Gasteiger charge is 2.31. The molecule has 0 aromatic carbocycles. The third-order valence-electron chi connectivity index (χ3n) is 3.62. The highest BCUT2D eigenvalue weighted by Crippen LogP contribution is 2.18. The molecule has 112 valence electrons. The SMILES string of the molecule is O=C(CN1CCOC1=O)N1CC[C@@H](Oc2ccncc2)C1. The topological polar surface area (TPSA) is 72.0 Å². The lowest BCUT2D eigenvalue weighted by Gasteiger charge is -2.20. The first kappa shape index (κ1) is 13.7. The fourth-order valence-corrected chi connectivity index (χ4v) is 2.49. The number of ether oxygens (including phenoxy) is 2. The first-order chi connectivity index (χ1) is 10.2. The molecule has 7 nitrogen and oxygen atoms in total. The number of cyclic esters (lactones) is 1. The van der Waals surface area contributed by atoms with Crippen molar-refractivity contribution in [1.82, 2.24) is 14.8 Å². The first-order valence-corrected chi connectivity index (χ1v) is 6.98. The maximum absolute atomic E-state index is 12.2. The van der Waals surface area contributed by atoms with Crippen molar-refractivity contribution >= 4 is 12.0 Å². The van der Waals surface area contributed by atoms with Crippen LogP contribution in [0.3, 0.4) is 0 Å². The maximum Gasteiger partial charge on any atom is 0.410 e. The van der Waals surface area contributed by atoms with Gasteiger partial charge in [0.2, 0.25) is 5.91 Å². The molecule has 2 saturated heterocycles. The van der Waals surface area contributed by atoms with Crippen molar-refractivity contribution in [1.29, 1.82) is 0 Å². The summed E-state index contributed by atoms with van der Waals surface area (Å²) in [6, 6.07) is 3.59. The minimum absolute atomic E-state index is 0.0121. The predicted octanol–water partition coefficient (Wildman–Crippen LogP) is 0.513.